The first kappa shape index (κ1) is 12.4. The van der Waals surface area contributed by atoms with E-state index in [0.717, 1.165) is 18.2 Å². The van der Waals surface area contributed by atoms with Crippen molar-refractivity contribution in [3.05, 3.63) is 53.8 Å². The number of alkyl halides is 3. The number of benzene rings is 2. The van der Waals surface area contributed by atoms with Crippen molar-refractivity contribution in [2.75, 3.05) is 0 Å². The van der Waals surface area contributed by atoms with Crippen LogP contribution in [0.3, 0.4) is 0 Å². The number of aromatic hydroxyl groups is 1. The normalized spacial score (nSPS) is 11.6. The van der Waals surface area contributed by atoms with Crippen LogP contribution in [0, 0.1) is 5.82 Å². The monoisotopic (exact) mass is 256 g/mol. The Labute approximate surface area is 100 Å². The van der Waals surface area contributed by atoms with Crippen LogP contribution in [-0.4, -0.2) is 5.11 Å². The Bertz CT molecular complexity index is 575. The van der Waals surface area contributed by atoms with Crippen LogP contribution in [-0.2, 0) is 6.18 Å². The zero-order valence-corrected chi connectivity index (χ0v) is 9.00. The first-order valence-corrected chi connectivity index (χ1v) is 5.04. The van der Waals surface area contributed by atoms with E-state index in [4.69, 9.17) is 0 Å². The topological polar surface area (TPSA) is 20.2 Å². The fourth-order valence-corrected chi connectivity index (χ4v) is 1.61. The number of rotatable bonds is 1. The lowest BCUT2D eigenvalue weighted by Crippen LogP contribution is -2.05. The minimum atomic E-state index is -4.65. The summed E-state index contributed by atoms with van der Waals surface area (Å²) in [5, 5.41) is 9.18. The molecule has 0 fully saturated rings. The number of hydrogen-bond acceptors (Lipinski definition) is 1. The molecule has 2 aromatic rings. The predicted octanol–water partition coefficient (Wildman–Crippen LogP) is 4.22. The van der Waals surface area contributed by atoms with E-state index >= 15 is 0 Å². The van der Waals surface area contributed by atoms with Crippen LogP contribution in [0.25, 0.3) is 11.1 Å². The molecule has 0 aromatic heterocycles. The van der Waals surface area contributed by atoms with Crippen molar-refractivity contribution in [2.24, 2.45) is 0 Å². The minimum Gasteiger partial charge on any atom is -0.507 e. The lowest BCUT2D eigenvalue weighted by atomic mass is 10.0. The second kappa shape index (κ2) is 4.33. The van der Waals surface area contributed by atoms with E-state index in [1.54, 1.807) is 0 Å². The van der Waals surface area contributed by atoms with E-state index in [0.29, 0.717) is 5.56 Å². The molecule has 0 saturated carbocycles. The maximum Gasteiger partial charge on any atom is 0.419 e. The third kappa shape index (κ3) is 2.45. The molecule has 94 valence electrons. The number of halogens is 4. The highest BCUT2D eigenvalue weighted by molar-refractivity contribution is 5.65. The van der Waals surface area contributed by atoms with E-state index in [1.807, 2.05) is 0 Å². The van der Waals surface area contributed by atoms with E-state index in [2.05, 4.69) is 0 Å². The number of hydrogen-bond donors (Lipinski definition) is 1. The molecule has 0 heterocycles. The molecular formula is C13H8F4O. The Balaban J connectivity index is 2.54. The predicted molar refractivity (Wildman–Crippen MR) is 58.5 cm³/mol. The Kier molecular flexibility index (Phi) is 2.98. The summed E-state index contributed by atoms with van der Waals surface area (Å²) >= 11 is 0. The molecule has 0 amide bonds. The molecular weight excluding hydrogens is 248 g/mol. The molecule has 0 aliphatic rings. The maximum atomic E-state index is 13.0. The second-order valence-electron chi connectivity index (χ2n) is 3.74. The van der Waals surface area contributed by atoms with E-state index < -0.39 is 23.3 Å². The maximum absolute atomic E-state index is 13.0. The third-order valence-electron chi connectivity index (χ3n) is 2.46. The molecule has 1 nitrogen and oxygen atoms in total. The lowest BCUT2D eigenvalue weighted by molar-refractivity contribution is -0.138. The molecule has 0 saturated heterocycles. The quantitative estimate of drug-likeness (QED) is 0.757. The van der Waals surface area contributed by atoms with Crippen molar-refractivity contribution in [1.29, 1.82) is 0 Å². The van der Waals surface area contributed by atoms with Gasteiger partial charge in [0.15, 0.2) is 0 Å². The molecule has 0 spiro atoms. The smallest absolute Gasteiger partial charge is 0.419 e. The van der Waals surface area contributed by atoms with Crippen LogP contribution in [0.1, 0.15) is 5.56 Å². The number of phenolic OH excluding ortho intramolecular Hbond substituents is 1. The summed E-state index contributed by atoms with van der Waals surface area (Å²) in [6, 6.07) is 8.29. The van der Waals surface area contributed by atoms with Gasteiger partial charge in [-0.15, -0.1) is 0 Å². The summed E-state index contributed by atoms with van der Waals surface area (Å²) in [4.78, 5) is 0. The van der Waals surface area contributed by atoms with Gasteiger partial charge in [-0.25, -0.2) is 4.39 Å². The van der Waals surface area contributed by atoms with Crippen LogP contribution in [0.5, 0.6) is 5.75 Å². The second-order valence-corrected chi connectivity index (χ2v) is 3.74. The van der Waals surface area contributed by atoms with Gasteiger partial charge in [0.05, 0.1) is 5.56 Å². The van der Waals surface area contributed by atoms with E-state index in [-0.39, 0.29) is 5.56 Å². The standard InChI is InChI=1S/C13H8F4O/c14-10-3-1-2-8(6-10)9-4-5-12(18)11(7-9)13(15,16)17/h1-7,18H. The van der Waals surface area contributed by atoms with Crippen molar-refractivity contribution >= 4 is 0 Å². The van der Waals surface area contributed by atoms with Gasteiger partial charge in [-0.05, 0) is 35.4 Å². The van der Waals surface area contributed by atoms with Gasteiger partial charge in [0, 0.05) is 0 Å². The molecule has 18 heavy (non-hydrogen) atoms. The van der Waals surface area contributed by atoms with Crippen LogP contribution in [0.15, 0.2) is 42.5 Å². The van der Waals surface area contributed by atoms with Gasteiger partial charge in [0.25, 0.3) is 0 Å². The fourth-order valence-electron chi connectivity index (χ4n) is 1.61. The molecule has 0 radical (unpaired) electrons. The van der Waals surface area contributed by atoms with Gasteiger partial charge in [-0.3, -0.25) is 0 Å². The first-order valence-electron chi connectivity index (χ1n) is 5.04. The Morgan fingerprint density at radius 1 is 0.889 bits per heavy atom. The van der Waals surface area contributed by atoms with Gasteiger partial charge < -0.3 is 5.11 Å². The summed E-state index contributed by atoms with van der Waals surface area (Å²) in [6.45, 7) is 0. The Morgan fingerprint density at radius 3 is 2.17 bits per heavy atom. The summed E-state index contributed by atoms with van der Waals surface area (Å²) in [7, 11) is 0. The van der Waals surface area contributed by atoms with Crippen LogP contribution in [0.4, 0.5) is 17.6 Å². The van der Waals surface area contributed by atoms with Gasteiger partial charge >= 0.3 is 6.18 Å². The van der Waals surface area contributed by atoms with Crippen LogP contribution >= 0.6 is 0 Å². The molecule has 2 rings (SSSR count). The average Bonchev–Trinajstić information content (AvgIpc) is 2.28. The molecule has 0 aliphatic heterocycles. The largest absolute Gasteiger partial charge is 0.507 e. The van der Waals surface area contributed by atoms with Crippen molar-refractivity contribution in [3.8, 4) is 16.9 Å². The fraction of sp³-hybridized carbons (Fsp3) is 0.0769. The van der Waals surface area contributed by atoms with Crippen LogP contribution < -0.4 is 0 Å². The van der Waals surface area contributed by atoms with Gasteiger partial charge in [-0.1, -0.05) is 18.2 Å². The zero-order valence-electron chi connectivity index (χ0n) is 9.00. The highest BCUT2D eigenvalue weighted by Gasteiger charge is 2.34. The van der Waals surface area contributed by atoms with Crippen molar-refractivity contribution in [2.45, 2.75) is 6.18 Å². The van der Waals surface area contributed by atoms with Gasteiger partial charge in [-0.2, -0.15) is 13.2 Å². The van der Waals surface area contributed by atoms with Gasteiger partial charge in [0.2, 0.25) is 0 Å². The Morgan fingerprint density at radius 2 is 1.56 bits per heavy atom. The summed E-state index contributed by atoms with van der Waals surface area (Å²) in [5.74, 6) is -1.38. The molecule has 0 unspecified atom stereocenters. The molecule has 0 atom stereocenters. The summed E-state index contributed by atoms with van der Waals surface area (Å²) < 4.78 is 50.8. The van der Waals surface area contributed by atoms with Crippen molar-refractivity contribution < 1.29 is 22.7 Å². The van der Waals surface area contributed by atoms with Gasteiger partial charge in [0.1, 0.15) is 11.6 Å². The Hall–Kier alpha value is -2.04. The third-order valence-corrected chi connectivity index (χ3v) is 2.46. The molecule has 1 N–H and O–H groups in total. The van der Waals surface area contributed by atoms with E-state index in [9.17, 15) is 22.7 Å². The first-order chi connectivity index (χ1) is 8.38. The number of phenols is 1. The van der Waals surface area contributed by atoms with Crippen molar-refractivity contribution in [3.63, 3.8) is 0 Å². The molecule has 5 heteroatoms. The molecule has 0 bridgehead atoms. The van der Waals surface area contributed by atoms with Crippen LogP contribution in [0.2, 0.25) is 0 Å². The van der Waals surface area contributed by atoms with E-state index in [1.165, 1.54) is 24.3 Å². The summed E-state index contributed by atoms with van der Waals surface area (Å²) in [5.41, 5.74) is -0.621. The SMILES string of the molecule is Oc1ccc(-c2cccc(F)c2)cc1C(F)(F)F. The highest BCUT2D eigenvalue weighted by Crippen LogP contribution is 2.38. The average molecular weight is 256 g/mol. The highest BCUT2D eigenvalue weighted by atomic mass is 19.4. The zero-order chi connectivity index (χ0) is 13.3. The molecule has 2 aromatic carbocycles. The minimum absolute atomic E-state index is 0.194. The summed E-state index contributed by atoms with van der Waals surface area (Å²) in [6.07, 6.45) is -4.65. The van der Waals surface area contributed by atoms with Crippen molar-refractivity contribution in [1.82, 2.24) is 0 Å². The lowest BCUT2D eigenvalue weighted by Gasteiger charge is -2.11. The molecule has 0 aliphatic carbocycles.